The van der Waals surface area contributed by atoms with Gasteiger partial charge in [-0.1, -0.05) is 0 Å². The molecule has 0 aliphatic carbocycles. The molecule has 130 valence electrons. The van der Waals surface area contributed by atoms with Crippen molar-refractivity contribution >= 4 is 28.0 Å². The van der Waals surface area contributed by atoms with E-state index >= 15 is 0 Å². The number of amides is 1. The summed E-state index contributed by atoms with van der Waals surface area (Å²) in [5, 5.41) is 0. The Morgan fingerprint density at radius 1 is 1.22 bits per heavy atom. The Kier molecular flexibility index (Phi) is 7.17. The molecule has 0 radical (unpaired) electrons. The number of likely N-dealkylation sites (tertiary alicyclic amines) is 1. The first-order valence-corrected chi connectivity index (χ1v) is 18.0. The van der Waals surface area contributed by atoms with Crippen molar-refractivity contribution in [2.75, 3.05) is 20.2 Å². The molecule has 2 heterocycles. The molecule has 6 heteroatoms. The third-order valence-electron chi connectivity index (χ3n) is 3.32. The second-order valence-electron chi connectivity index (χ2n) is 7.68. The van der Waals surface area contributed by atoms with Crippen LogP contribution < -0.4 is 8.32 Å². The van der Waals surface area contributed by atoms with Gasteiger partial charge in [0.05, 0.1) is 0 Å². The standard InChI is InChI=1S/C8H15NO2.C6H6NO.3CH3.Sn/c1-8(2,3)11-7(10)9-5-4-6-9;1-8-6-3-2-4-7-5-6;;;;/h4-6H2,1-3H3;3-5H,1H3;3*1H3;. The van der Waals surface area contributed by atoms with Gasteiger partial charge in [0.1, 0.15) is 5.60 Å². The molecule has 1 amide bonds. The van der Waals surface area contributed by atoms with Crippen LogP contribution in [0.1, 0.15) is 27.2 Å². The van der Waals surface area contributed by atoms with E-state index in [2.05, 4.69) is 25.9 Å². The maximum absolute atomic E-state index is 11.1. The molecule has 0 aromatic carbocycles. The molecule has 2 rings (SSSR count). The summed E-state index contributed by atoms with van der Waals surface area (Å²) in [6.07, 6.45) is 4.66. The Bertz CT molecular complexity index is 517. The van der Waals surface area contributed by atoms with Crippen molar-refractivity contribution in [3.8, 4) is 5.75 Å². The van der Waals surface area contributed by atoms with Crippen molar-refractivity contribution in [2.24, 2.45) is 0 Å². The number of hydrogen-bond donors (Lipinski definition) is 0. The van der Waals surface area contributed by atoms with E-state index in [1.54, 1.807) is 18.2 Å². The Morgan fingerprint density at radius 2 is 1.83 bits per heavy atom. The zero-order valence-corrected chi connectivity index (χ0v) is 18.3. The zero-order chi connectivity index (χ0) is 17.7. The van der Waals surface area contributed by atoms with E-state index in [9.17, 15) is 4.79 Å². The van der Waals surface area contributed by atoms with Crippen molar-refractivity contribution < 1.29 is 14.3 Å². The number of hydrogen-bond acceptors (Lipinski definition) is 4. The first kappa shape index (κ1) is 20.1. The molecule has 0 atom stereocenters. The number of methoxy groups -OCH3 is 1. The van der Waals surface area contributed by atoms with E-state index < -0.39 is 18.4 Å². The van der Waals surface area contributed by atoms with Crippen LogP contribution in [0.25, 0.3) is 0 Å². The van der Waals surface area contributed by atoms with E-state index in [0.717, 1.165) is 25.3 Å². The molecule has 0 spiro atoms. The number of rotatable bonds is 2. The van der Waals surface area contributed by atoms with E-state index in [1.807, 2.05) is 27.0 Å². The molecule has 1 aliphatic rings. The summed E-state index contributed by atoms with van der Waals surface area (Å²) in [6.45, 7) is 7.35. The summed E-state index contributed by atoms with van der Waals surface area (Å²) in [6, 6.07) is 2.11. The van der Waals surface area contributed by atoms with Gasteiger partial charge in [0, 0.05) is 13.1 Å². The molecular weight excluding hydrogens is 399 g/mol. The van der Waals surface area contributed by atoms with Gasteiger partial charge in [0.15, 0.2) is 0 Å². The average molecular weight is 429 g/mol. The molecule has 0 N–H and O–H groups in total. The van der Waals surface area contributed by atoms with Gasteiger partial charge >= 0.3 is 83.9 Å². The minimum absolute atomic E-state index is 0.177. The van der Waals surface area contributed by atoms with Crippen molar-refractivity contribution in [3.05, 3.63) is 18.5 Å². The van der Waals surface area contributed by atoms with Gasteiger partial charge < -0.3 is 9.64 Å². The van der Waals surface area contributed by atoms with Crippen LogP contribution >= 0.6 is 0 Å². The van der Waals surface area contributed by atoms with Crippen molar-refractivity contribution in [2.45, 2.75) is 47.6 Å². The van der Waals surface area contributed by atoms with Gasteiger partial charge in [-0.3, -0.25) is 0 Å². The maximum atomic E-state index is 11.1. The van der Waals surface area contributed by atoms with Crippen LogP contribution in [0.15, 0.2) is 18.5 Å². The summed E-state index contributed by atoms with van der Waals surface area (Å²) < 4.78 is 11.7. The number of carbonyl (C=O) groups is 1. The summed E-state index contributed by atoms with van der Waals surface area (Å²) in [7, 11) is 1.68. The molecule has 1 aromatic rings. The molecular formula is C17H30N2O3Sn. The van der Waals surface area contributed by atoms with Crippen molar-refractivity contribution in [1.29, 1.82) is 0 Å². The van der Waals surface area contributed by atoms with Crippen molar-refractivity contribution in [3.63, 3.8) is 0 Å². The molecule has 0 bridgehead atoms. The normalized spacial score (nSPS) is 14.3. The van der Waals surface area contributed by atoms with E-state index in [-0.39, 0.29) is 11.7 Å². The van der Waals surface area contributed by atoms with Gasteiger partial charge in [-0.15, -0.1) is 0 Å². The molecule has 1 aromatic heterocycles. The van der Waals surface area contributed by atoms with Crippen LogP contribution in [0, 0.1) is 0 Å². The second-order valence-corrected chi connectivity index (χ2v) is 22.2. The first-order chi connectivity index (χ1) is 10.5. The van der Waals surface area contributed by atoms with E-state index in [4.69, 9.17) is 9.47 Å². The summed E-state index contributed by atoms with van der Waals surface area (Å²) in [4.78, 5) is 24.1. The molecule has 1 fully saturated rings. The Hall–Kier alpha value is -0.981. The van der Waals surface area contributed by atoms with Crippen LogP contribution in [0.3, 0.4) is 0 Å². The summed E-state index contributed by atoms with van der Waals surface area (Å²) >= 11 is -1.92. The SMILES string of the molecule is CC(C)(C)OC(=O)N1CCC1.COc1cnc[c]([Sn]([CH3])([CH3])[CH3])c1. The van der Waals surface area contributed by atoms with Crippen LogP contribution in [-0.4, -0.2) is 60.2 Å². The quantitative estimate of drug-likeness (QED) is 0.678. The number of nitrogens with zero attached hydrogens (tertiary/aromatic N) is 2. The third-order valence-corrected chi connectivity index (χ3v) is 9.05. The molecule has 5 nitrogen and oxygen atoms in total. The molecule has 1 saturated heterocycles. The van der Waals surface area contributed by atoms with Crippen LogP contribution in [0.2, 0.25) is 14.8 Å². The second kappa shape index (κ2) is 8.22. The third kappa shape index (κ3) is 7.42. The van der Waals surface area contributed by atoms with Crippen LogP contribution in [-0.2, 0) is 4.74 Å². The van der Waals surface area contributed by atoms with Gasteiger partial charge in [-0.2, -0.15) is 0 Å². The zero-order valence-electron chi connectivity index (χ0n) is 15.5. The number of aromatic nitrogens is 1. The predicted octanol–water partition coefficient (Wildman–Crippen LogP) is 3.26. The fourth-order valence-electron chi connectivity index (χ4n) is 1.77. The molecule has 23 heavy (non-hydrogen) atoms. The Labute approximate surface area is 144 Å². The van der Waals surface area contributed by atoms with Crippen molar-refractivity contribution in [1.82, 2.24) is 9.88 Å². The minimum atomic E-state index is -1.92. The Balaban J connectivity index is 0.000000231. The average Bonchev–Trinajstić information content (AvgIpc) is 2.34. The molecule has 0 saturated carbocycles. The summed E-state index contributed by atoms with van der Waals surface area (Å²) in [5.74, 6) is 0.874. The summed E-state index contributed by atoms with van der Waals surface area (Å²) in [5.41, 5.74) is -0.354. The number of pyridine rings is 1. The first-order valence-electron chi connectivity index (χ1n) is 8.00. The topological polar surface area (TPSA) is 51.7 Å². The fourth-order valence-corrected chi connectivity index (χ4v) is 4.73. The number of carbonyl (C=O) groups excluding carboxylic acids is 1. The molecule has 0 unspecified atom stereocenters. The van der Waals surface area contributed by atoms with Crippen LogP contribution in [0.5, 0.6) is 5.75 Å². The van der Waals surface area contributed by atoms with E-state index in [0.29, 0.717) is 0 Å². The monoisotopic (exact) mass is 430 g/mol. The van der Waals surface area contributed by atoms with Crippen LogP contribution in [0.4, 0.5) is 4.79 Å². The fraction of sp³-hybridized carbons (Fsp3) is 0.647. The van der Waals surface area contributed by atoms with Gasteiger partial charge in [0.2, 0.25) is 0 Å². The van der Waals surface area contributed by atoms with Gasteiger partial charge in [-0.05, 0) is 27.2 Å². The predicted molar refractivity (Wildman–Crippen MR) is 96.2 cm³/mol. The number of ether oxygens (including phenoxy) is 2. The van der Waals surface area contributed by atoms with Gasteiger partial charge in [-0.25, -0.2) is 4.79 Å². The van der Waals surface area contributed by atoms with Gasteiger partial charge in [0.25, 0.3) is 0 Å². The van der Waals surface area contributed by atoms with E-state index in [1.165, 1.54) is 3.58 Å². The Morgan fingerprint density at radius 3 is 2.22 bits per heavy atom. The molecule has 1 aliphatic heterocycles.